The summed E-state index contributed by atoms with van der Waals surface area (Å²) in [5.74, 6) is 2.23. The number of hydrogen-bond donors (Lipinski definition) is 1. The van der Waals surface area contributed by atoms with Gasteiger partial charge in [0.1, 0.15) is 0 Å². The molecule has 3 rings (SSSR count). The molecule has 86 valence electrons. The lowest BCUT2D eigenvalue weighted by Gasteiger charge is -2.27. The fourth-order valence-electron chi connectivity index (χ4n) is 3.78. The molecule has 0 aliphatic heterocycles. The zero-order valence-corrected chi connectivity index (χ0v) is 9.89. The van der Waals surface area contributed by atoms with Crippen molar-refractivity contribution < 1.29 is 5.11 Å². The van der Waals surface area contributed by atoms with E-state index in [1.165, 1.54) is 31.2 Å². The largest absolute Gasteiger partial charge is 0.388 e. The van der Waals surface area contributed by atoms with Gasteiger partial charge >= 0.3 is 0 Å². The summed E-state index contributed by atoms with van der Waals surface area (Å²) in [6.07, 6.45) is 5.14. The molecule has 2 saturated carbocycles. The van der Waals surface area contributed by atoms with Crippen LogP contribution in [0.15, 0.2) is 24.3 Å². The number of aliphatic hydroxyl groups is 1. The predicted molar refractivity (Wildman–Crippen MR) is 65.1 cm³/mol. The van der Waals surface area contributed by atoms with Crippen molar-refractivity contribution in [1.82, 2.24) is 0 Å². The first-order valence-electron chi connectivity index (χ1n) is 6.48. The van der Waals surface area contributed by atoms with Crippen molar-refractivity contribution in [3.05, 3.63) is 35.4 Å². The molecule has 0 aromatic heterocycles. The molecular weight excluding hydrogens is 196 g/mol. The number of aryl methyl sites for hydroxylation is 1. The van der Waals surface area contributed by atoms with Gasteiger partial charge in [0, 0.05) is 0 Å². The van der Waals surface area contributed by atoms with Crippen molar-refractivity contribution in [1.29, 1.82) is 0 Å². The first-order chi connectivity index (χ1) is 7.74. The monoisotopic (exact) mass is 216 g/mol. The average Bonchev–Trinajstić information content (AvgIpc) is 2.89. The SMILES string of the molecule is Cc1cccc(C(O)C2CC3CCC2C3)c1. The molecule has 4 atom stereocenters. The molecule has 0 spiro atoms. The maximum atomic E-state index is 10.5. The van der Waals surface area contributed by atoms with Crippen LogP contribution in [-0.4, -0.2) is 5.11 Å². The van der Waals surface area contributed by atoms with E-state index < -0.39 is 0 Å². The molecule has 2 aliphatic carbocycles. The summed E-state index contributed by atoms with van der Waals surface area (Å²) in [7, 11) is 0. The van der Waals surface area contributed by atoms with Gasteiger partial charge in [0.05, 0.1) is 6.10 Å². The van der Waals surface area contributed by atoms with Crippen LogP contribution in [0.5, 0.6) is 0 Å². The van der Waals surface area contributed by atoms with Crippen molar-refractivity contribution in [3.63, 3.8) is 0 Å². The summed E-state index contributed by atoms with van der Waals surface area (Å²) < 4.78 is 0. The van der Waals surface area contributed by atoms with Crippen LogP contribution in [0.1, 0.15) is 42.9 Å². The molecule has 0 radical (unpaired) electrons. The van der Waals surface area contributed by atoms with Gasteiger partial charge in [-0.1, -0.05) is 36.2 Å². The topological polar surface area (TPSA) is 20.2 Å². The third kappa shape index (κ3) is 1.67. The Bertz CT molecular complexity index is 385. The fraction of sp³-hybridized carbons (Fsp3) is 0.600. The van der Waals surface area contributed by atoms with Crippen LogP contribution in [0, 0.1) is 24.7 Å². The number of rotatable bonds is 2. The number of hydrogen-bond acceptors (Lipinski definition) is 1. The van der Waals surface area contributed by atoms with Crippen molar-refractivity contribution in [2.75, 3.05) is 0 Å². The predicted octanol–water partition coefficient (Wildman–Crippen LogP) is 3.46. The molecule has 0 heterocycles. The first-order valence-corrected chi connectivity index (χ1v) is 6.48. The van der Waals surface area contributed by atoms with Gasteiger partial charge < -0.3 is 5.11 Å². The number of fused-ring (bicyclic) bond motifs is 2. The van der Waals surface area contributed by atoms with Gasteiger partial charge in [0.15, 0.2) is 0 Å². The van der Waals surface area contributed by atoms with Gasteiger partial charge in [-0.2, -0.15) is 0 Å². The lowest BCUT2D eigenvalue weighted by Crippen LogP contribution is -2.19. The smallest absolute Gasteiger partial charge is 0.0821 e. The van der Waals surface area contributed by atoms with Gasteiger partial charge in [-0.3, -0.25) is 0 Å². The molecule has 1 heteroatoms. The molecule has 2 aliphatic rings. The summed E-state index contributed by atoms with van der Waals surface area (Å²) in [6, 6.07) is 8.36. The van der Waals surface area contributed by atoms with Crippen molar-refractivity contribution >= 4 is 0 Å². The first kappa shape index (κ1) is 10.3. The van der Waals surface area contributed by atoms with Crippen LogP contribution in [0.3, 0.4) is 0 Å². The third-order valence-corrected chi connectivity index (χ3v) is 4.58. The molecule has 1 nitrogen and oxygen atoms in total. The minimum atomic E-state index is -0.227. The highest BCUT2D eigenvalue weighted by Crippen LogP contribution is 2.52. The Kier molecular flexibility index (Phi) is 2.51. The zero-order chi connectivity index (χ0) is 11.1. The fourth-order valence-corrected chi connectivity index (χ4v) is 3.78. The van der Waals surface area contributed by atoms with Crippen LogP contribution >= 0.6 is 0 Å². The summed E-state index contributed by atoms with van der Waals surface area (Å²) in [5, 5.41) is 10.5. The summed E-state index contributed by atoms with van der Waals surface area (Å²) in [4.78, 5) is 0. The third-order valence-electron chi connectivity index (χ3n) is 4.58. The quantitative estimate of drug-likeness (QED) is 0.802. The summed E-state index contributed by atoms with van der Waals surface area (Å²) >= 11 is 0. The van der Waals surface area contributed by atoms with Crippen LogP contribution in [0.25, 0.3) is 0 Å². The second kappa shape index (κ2) is 3.89. The Hall–Kier alpha value is -0.820. The molecule has 1 aromatic rings. The van der Waals surface area contributed by atoms with Crippen LogP contribution in [0.4, 0.5) is 0 Å². The normalized spacial score (nSPS) is 34.2. The van der Waals surface area contributed by atoms with Gasteiger partial charge in [0.25, 0.3) is 0 Å². The maximum absolute atomic E-state index is 10.5. The molecule has 0 saturated heterocycles. The highest BCUT2D eigenvalue weighted by molar-refractivity contribution is 5.25. The van der Waals surface area contributed by atoms with E-state index in [1.807, 2.05) is 0 Å². The van der Waals surface area contributed by atoms with E-state index in [0.29, 0.717) is 5.92 Å². The van der Waals surface area contributed by atoms with E-state index in [0.717, 1.165) is 17.4 Å². The van der Waals surface area contributed by atoms with Crippen LogP contribution in [-0.2, 0) is 0 Å². The molecule has 1 N–H and O–H groups in total. The molecule has 4 unspecified atom stereocenters. The number of aliphatic hydroxyl groups excluding tert-OH is 1. The highest BCUT2D eigenvalue weighted by Gasteiger charge is 2.42. The summed E-state index contributed by atoms with van der Waals surface area (Å²) in [5.41, 5.74) is 2.37. The van der Waals surface area contributed by atoms with E-state index in [9.17, 15) is 5.11 Å². The standard InChI is InChI=1S/C15H20O/c1-10-3-2-4-13(7-10)15(16)14-9-11-5-6-12(14)8-11/h2-4,7,11-12,14-16H,5-6,8-9H2,1H3. The van der Waals surface area contributed by atoms with Crippen LogP contribution in [0.2, 0.25) is 0 Å². The second-order valence-corrected chi connectivity index (χ2v) is 5.70. The Morgan fingerprint density at radius 2 is 2.12 bits per heavy atom. The average molecular weight is 216 g/mol. The zero-order valence-electron chi connectivity index (χ0n) is 9.89. The summed E-state index contributed by atoms with van der Waals surface area (Å²) in [6.45, 7) is 2.09. The second-order valence-electron chi connectivity index (χ2n) is 5.70. The minimum absolute atomic E-state index is 0.227. The number of benzene rings is 1. The molecular formula is C15H20O. The highest BCUT2D eigenvalue weighted by atomic mass is 16.3. The lowest BCUT2D eigenvalue weighted by molar-refractivity contribution is 0.0745. The van der Waals surface area contributed by atoms with Crippen molar-refractivity contribution in [2.24, 2.45) is 17.8 Å². The Labute approximate surface area is 97.5 Å². The van der Waals surface area contributed by atoms with E-state index >= 15 is 0 Å². The van der Waals surface area contributed by atoms with Gasteiger partial charge in [-0.25, -0.2) is 0 Å². The van der Waals surface area contributed by atoms with Gasteiger partial charge in [-0.15, -0.1) is 0 Å². The molecule has 1 aromatic carbocycles. The van der Waals surface area contributed by atoms with Gasteiger partial charge in [-0.05, 0) is 49.5 Å². The van der Waals surface area contributed by atoms with E-state index in [1.54, 1.807) is 0 Å². The van der Waals surface area contributed by atoms with E-state index in [2.05, 4.69) is 31.2 Å². The molecule has 2 fully saturated rings. The Morgan fingerprint density at radius 3 is 2.75 bits per heavy atom. The Morgan fingerprint density at radius 1 is 1.25 bits per heavy atom. The van der Waals surface area contributed by atoms with Crippen molar-refractivity contribution in [3.8, 4) is 0 Å². The van der Waals surface area contributed by atoms with Crippen LogP contribution < -0.4 is 0 Å². The van der Waals surface area contributed by atoms with Gasteiger partial charge in [0.2, 0.25) is 0 Å². The van der Waals surface area contributed by atoms with Crippen molar-refractivity contribution in [2.45, 2.75) is 38.7 Å². The lowest BCUT2D eigenvalue weighted by atomic mass is 9.82. The van der Waals surface area contributed by atoms with E-state index in [4.69, 9.17) is 0 Å². The molecule has 0 amide bonds. The minimum Gasteiger partial charge on any atom is -0.388 e. The molecule has 16 heavy (non-hydrogen) atoms. The Balaban J connectivity index is 1.80. The maximum Gasteiger partial charge on any atom is 0.0821 e. The van der Waals surface area contributed by atoms with E-state index in [-0.39, 0.29) is 6.10 Å². The molecule has 2 bridgehead atoms.